The highest BCUT2D eigenvalue weighted by molar-refractivity contribution is 4.90. The van der Waals surface area contributed by atoms with Crippen LogP contribution in [0.5, 0.6) is 0 Å². The second-order valence-electron chi connectivity index (χ2n) is 7.44. The van der Waals surface area contributed by atoms with E-state index in [1.165, 1.54) is 38.8 Å². The lowest BCUT2D eigenvalue weighted by Crippen LogP contribution is -2.55. The fourth-order valence-electron chi connectivity index (χ4n) is 3.56. The van der Waals surface area contributed by atoms with Gasteiger partial charge in [0.15, 0.2) is 0 Å². The van der Waals surface area contributed by atoms with Gasteiger partial charge in [-0.2, -0.15) is 0 Å². The summed E-state index contributed by atoms with van der Waals surface area (Å²) in [5.41, 5.74) is 0. The highest BCUT2D eigenvalue weighted by Gasteiger charge is 2.34. The van der Waals surface area contributed by atoms with E-state index >= 15 is 0 Å². The molecule has 1 heterocycles. The third-order valence-corrected chi connectivity index (χ3v) is 5.05. The predicted molar refractivity (Wildman–Crippen MR) is 84.9 cm³/mol. The van der Waals surface area contributed by atoms with Crippen LogP contribution in [0, 0.1) is 11.8 Å². The first kappa shape index (κ1) is 16.3. The molecular formula is C17H34N2O. The summed E-state index contributed by atoms with van der Waals surface area (Å²) in [5, 5.41) is 13.7. The van der Waals surface area contributed by atoms with Gasteiger partial charge in [-0.25, -0.2) is 0 Å². The van der Waals surface area contributed by atoms with E-state index < -0.39 is 0 Å². The summed E-state index contributed by atoms with van der Waals surface area (Å²) in [7, 11) is 0. The molecule has 2 N–H and O–H groups in total. The van der Waals surface area contributed by atoms with Gasteiger partial charge < -0.3 is 10.4 Å². The van der Waals surface area contributed by atoms with Gasteiger partial charge in [0.05, 0.1) is 6.10 Å². The van der Waals surface area contributed by atoms with Gasteiger partial charge in [-0.3, -0.25) is 4.90 Å². The Balaban J connectivity index is 1.87. The third kappa shape index (κ3) is 4.71. The molecule has 0 aromatic carbocycles. The van der Waals surface area contributed by atoms with Gasteiger partial charge in [0.25, 0.3) is 0 Å². The van der Waals surface area contributed by atoms with Crippen molar-refractivity contribution in [1.29, 1.82) is 0 Å². The summed E-state index contributed by atoms with van der Waals surface area (Å²) in [4.78, 5) is 2.71. The van der Waals surface area contributed by atoms with E-state index in [2.05, 4.69) is 31.0 Å². The number of piperidine rings is 1. The molecule has 20 heavy (non-hydrogen) atoms. The molecule has 3 heteroatoms. The maximum atomic E-state index is 9.97. The molecular weight excluding hydrogens is 248 g/mol. The molecule has 0 radical (unpaired) electrons. The van der Waals surface area contributed by atoms with Crippen LogP contribution in [0.15, 0.2) is 0 Å². The highest BCUT2D eigenvalue weighted by atomic mass is 16.3. The molecule has 0 bridgehead atoms. The molecule has 0 spiro atoms. The first-order valence-corrected chi connectivity index (χ1v) is 8.74. The van der Waals surface area contributed by atoms with Crippen LogP contribution in [0.4, 0.5) is 0 Å². The third-order valence-electron chi connectivity index (χ3n) is 5.05. The zero-order valence-corrected chi connectivity index (χ0v) is 13.6. The SMILES string of the molecule is CCC(O)CC1CC(NCC(C)C)CN(C2CCC2)C1. The van der Waals surface area contributed by atoms with E-state index in [4.69, 9.17) is 0 Å². The summed E-state index contributed by atoms with van der Waals surface area (Å²) < 4.78 is 0. The van der Waals surface area contributed by atoms with Crippen LogP contribution in [0.1, 0.15) is 59.3 Å². The van der Waals surface area contributed by atoms with Gasteiger partial charge in [0, 0.05) is 25.2 Å². The molecule has 2 rings (SSSR count). The quantitative estimate of drug-likeness (QED) is 0.753. The average molecular weight is 282 g/mol. The summed E-state index contributed by atoms with van der Waals surface area (Å²) >= 11 is 0. The van der Waals surface area contributed by atoms with Crippen molar-refractivity contribution in [3.63, 3.8) is 0 Å². The lowest BCUT2D eigenvalue weighted by atomic mass is 9.84. The monoisotopic (exact) mass is 282 g/mol. The van der Waals surface area contributed by atoms with Crippen molar-refractivity contribution in [2.45, 2.75) is 77.5 Å². The van der Waals surface area contributed by atoms with Gasteiger partial charge in [-0.15, -0.1) is 0 Å². The van der Waals surface area contributed by atoms with E-state index in [1.807, 2.05) is 0 Å². The number of nitrogens with one attached hydrogen (secondary N) is 1. The van der Waals surface area contributed by atoms with Crippen molar-refractivity contribution < 1.29 is 5.11 Å². The molecule has 1 aliphatic heterocycles. The Morgan fingerprint density at radius 2 is 2.00 bits per heavy atom. The standard InChI is InChI=1S/C17H34N2O/c1-4-17(20)9-14-8-15(18-10-13(2)3)12-19(11-14)16-6-5-7-16/h13-18,20H,4-12H2,1-3H3. The van der Waals surface area contributed by atoms with Gasteiger partial charge in [-0.05, 0) is 50.5 Å². The molecule has 2 fully saturated rings. The van der Waals surface area contributed by atoms with Crippen molar-refractivity contribution in [2.75, 3.05) is 19.6 Å². The van der Waals surface area contributed by atoms with E-state index in [0.717, 1.165) is 25.4 Å². The Morgan fingerprint density at radius 3 is 2.55 bits per heavy atom. The van der Waals surface area contributed by atoms with Crippen molar-refractivity contribution in [3.8, 4) is 0 Å². The topological polar surface area (TPSA) is 35.5 Å². The van der Waals surface area contributed by atoms with Gasteiger partial charge in [0.2, 0.25) is 0 Å². The first-order valence-electron chi connectivity index (χ1n) is 8.74. The minimum atomic E-state index is -0.105. The Bertz CT molecular complexity index is 278. The molecule has 1 saturated carbocycles. The molecule has 3 atom stereocenters. The lowest BCUT2D eigenvalue weighted by Gasteiger charge is -2.46. The first-order chi connectivity index (χ1) is 9.58. The fraction of sp³-hybridized carbons (Fsp3) is 1.00. The van der Waals surface area contributed by atoms with Crippen LogP contribution in [-0.4, -0.2) is 47.8 Å². The Hall–Kier alpha value is -0.120. The maximum absolute atomic E-state index is 9.97. The predicted octanol–water partition coefficient (Wildman–Crippen LogP) is 2.64. The summed E-state index contributed by atoms with van der Waals surface area (Å²) in [6.45, 7) is 10.2. The van der Waals surface area contributed by atoms with Crippen LogP contribution in [-0.2, 0) is 0 Å². The fourth-order valence-corrected chi connectivity index (χ4v) is 3.56. The molecule has 3 unspecified atom stereocenters. The number of aliphatic hydroxyl groups is 1. The van der Waals surface area contributed by atoms with Crippen molar-refractivity contribution in [1.82, 2.24) is 10.2 Å². The number of rotatable bonds is 7. The van der Waals surface area contributed by atoms with Crippen molar-refractivity contribution in [3.05, 3.63) is 0 Å². The minimum Gasteiger partial charge on any atom is -0.393 e. The van der Waals surface area contributed by atoms with Crippen LogP contribution < -0.4 is 5.32 Å². The van der Waals surface area contributed by atoms with Gasteiger partial charge in [-0.1, -0.05) is 27.2 Å². The molecule has 2 aliphatic rings. The van der Waals surface area contributed by atoms with Crippen LogP contribution in [0.25, 0.3) is 0 Å². The number of likely N-dealkylation sites (tertiary alicyclic amines) is 1. The second kappa shape index (κ2) is 7.77. The zero-order valence-electron chi connectivity index (χ0n) is 13.6. The highest BCUT2D eigenvalue weighted by Crippen LogP contribution is 2.31. The lowest BCUT2D eigenvalue weighted by molar-refractivity contribution is 0.0367. The van der Waals surface area contributed by atoms with E-state index in [1.54, 1.807) is 0 Å². The molecule has 0 amide bonds. The molecule has 1 aliphatic carbocycles. The van der Waals surface area contributed by atoms with E-state index in [0.29, 0.717) is 17.9 Å². The Morgan fingerprint density at radius 1 is 1.25 bits per heavy atom. The normalized spacial score (nSPS) is 30.4. The molecule has 1 saturated heterocycles. The molecule has 3 nitrogen and oxygen atoms in total. The minimum absolute atomic E-state index is 0.105. The number of nitrogens with zero attached hydrogens (tertiary/aromatic N) is 1. The maximum Gasteiger partial charge on any atom is 0.0540 e. The smallest absolute Gasteiger partial charge is 0.0540 e. The number of hydrogen-bond acceptors (Lipinski definition) is 3. The summed E-state index contributed by atoms with van der Waals surface area (Å²) in [5.74, 6) is 1.39. The largest absolute Gasteiger partial charge is 0.393 e. The van der Waals surface area contributed by atoms with Gasteiger partial charge in [0.1, 0.15) is 0 Å². The van der Waals surface area contributed by atoms with E-state index in [9.17, 15) is 5.11 Å². The number of hydrogen-bond donors (Lipinski definition) is 2. The summed E-state index contributed by atoms with van der Waals surface area (Å²) in [6.07, 6.45) is 7.20. The molecule has 0 aromatic heterocycles. The Kier molecular flexibility index (Phi) is 6.31. The molecule has 118 valence electrons. The average Bonchev–Trinajstić information content (AvgIpc) is 2.34. The number of aliphatic hydroxyl groups excluding tert-OH is 1. The van der Waals surface area contributed by atoms with Crippen LogP contribution in [0.2, 0.25) is 0 Å². The van der Waals surface area contributed by atoms with Crippen LogP contribution >= 0.6 is 0 Å². The zero-order chi connectivity index (χ0) is 14.5. The van der Waals surface area contributed by atoms with Crippen molar-refractivity contribution >= 4 is 0 Å². The van der Waals surface area contributed by atoms with E-state index in [-0.39, 0.29) is 6.10 Å². The summed E-state index contributed by atoms with van der Waals surface area (Å²) in [6, 6.07) is 1.46. The van der Waals surface area contributed by atoms with Crippen LogP contribution in [0.3, 0.4) is 0 Å². The Labute approximate surface area is 125 Å². The van der Waals surface area contributed by atoms with Crippen molar-refractivity contribution in [2.24, 2.45) is 11.8 Å². The van der Waals surface area contributed by atoms with Gasteiger partial charge >= 0.3 is 0 Å². The molecule has 0 aromatic rings. The second-order valence-corrected chi connectivity index (χ2v) is 7.44.